The number of carbonyl (C=O) groups is 2. The predicted octanol–water partition coefficient (Wildman–Crippen LogP) is 4.16. The van der Waals surface area contributed by atoms with E-state index < -0.39 is 11.8 Å². The molecule has 0 aliphatic carbocycles. The first-order valence-electron chi connectivity index (χ1n) is 9.42. The van der Waals surface area contributed by atoms with Crippen molar-refractivity contribution >= 4 is 35.2 Å². The quantitative estimate of drug-likeness (QED) is 0.286. The molecular formula is C24H19N3O2S. The van der Waals surface area contributed by atoms with Crippen molar-refractivity contribution in [3.63, 3.8) is 0 Å². The van der Waals surface area contributed by atoms with Gasteiger partial charge in [0.15, 0.2) is 5.11 Å². The highest BCUT2D eigenvalue weighted by atomic mass is 32.1. The van der Waals surface area contributed by atoms with Crippen LogP contribution in [0.5, 0.6) is 0 Å². The standard InChI is InChI=1S/C24H19N3O2S/c1-2-13-27-23(29)19(22(28)26-24(27)30)15-21-18(16-9-5-3-6-10-16)14-20(25-21)17-11-7-4-8-12-17/h2-12,14-15,25H,1,13H2,(H,26,28,30)/b19-15+. The van der Waals surface area contributed by atoms with Crippen LogP contribution in [-0.2, 0) is 9.59 Å². The van der Waals surface area contributed by atoms with Crippen molar-refractivity contribution in [2.45, 2.75) is 0 Å². The van der Waals surface area contributed by atoms with Crippen LogP contribution in [0.15, 0.2) is 85.0 Å². The highest BCUT2D eigenvalue weighted by molar-refractivity contribution is 7.80. The van der Waals surface area contributed by atoms with E-state index in [0.717, 1.165) is 22.4 Å². The van der Waals surface area contributed by atoms with Gasteiger partial charge in [0.1, 0.15) is 5.57 Å². The van der Waals surface area contributed by atoms with Crippen LogP contribution in [0.4, 0.5) is 0 Å². The Kier molecular flexibility index (Phi) is 5.41. The van der Waals surface area contributed by atoms with Crippen LogP contribution in [0.3, 0.4) is 0 Å². The summed E-state index contributed by atoms with van der Waals surface area (Å²) in [5.74, 6) is -0.960. The summed E-state index contributed by atoms with van der Waals surface area (Å²) in [6, 6.07) is 21.7. The van der Waals surface area contributed by atoms with E-state index in [1.54, 1.807) is 12.2 Å². The first kappa shape index (κ1) is 19.5. The third-order valence-electron chi connectivity index (χ3n) is 4.80. The Balaban J connectivity index is 1.84. The fourth-order valence-electron chi connectivity index (χ4n) is 3.35. The number of thiocarbonyl (C=S) groups is 1. The van der Waals surface area contributed by atoms with Gasteiger partial charge in [-0.25, -0.2) is 0 Å². The molecule has 3 aromatic rings. The molecule has 0 atom stereocenters. The Labute approximate surface area is 179 Å². The minimum absolute atomic E-state index is 0.0177. The van der Waals surface area contributed by atoms with Gasteiger partial charge in [0.05, 0.1) is 0 Å². The van der Waals surface area contributed by atoms with E-state index in [4.69, 9.17) is 12.2 Å². The first-order chi connectivity index (χ1) is 14.6. The number of nitrogens with one attached hydrogen (secondary N) is 2. The molecule has 148 valence electrons. The Morgan fingerprint density at radius 1 is 0.967 bits per heavy atom. The molecule has 0 bridgehead atoms. The fraction of sp³-hybridized carbons (Fsp3) is 0.0417. The van der Waals surface area contributed by atoms with Gasteiger partial charge < -0.3 is 4.98 Å². The molecule has 1 aliphatic rings. The van der Waals surface area contributed by atoms with Crippen LogP contribution >= 0.6 is 12.2 Å². The number of nitrogens with zero attached hydrogens (tertiary/aromatic N) is 1. The van der Waals surface area contributed by atoms with Crippen LogP contribution < -0.4 is 5.32 Å². The van der Waals surface area contributed by atoms with Gasteiger partial charge in [-0.15, -0.1) is 6.58 Å². The molecule has 0 saturated carbocycles. The second-order valence-corrected chi connectivity index (χ2v) is 7.15. The topological polar surface area (TPSA) is 65.2 Å². The summed E-state index contributed by atoms with van der Waals surface area (Å²) in [5, 5.41) is 2.67. The largest absolute Gasteiger partial charge is 0.354 e. The summed E-state index contributed by atoms with van der Waals surface area (Å²) in [5.41, 5.74) is 4.46. The highest BCUT2D eigenvalue weighted by Crippen LogP contribution is 2.31. The molecule has 1 saturated heterocycles. The van der Waals surface area contributed by atoms with Crippen molar-refractivity contribution < 1.29 is 9.59 Å². The molecule has 2 aromatic carbocycles. The van der Waals surface area contributed by atoms with E-state index in [1.165, 1.54) is 4.90 Å². The maximum atomic E-state index is 12.9. The zero-order valence-corrected chi connectivity index (χ0v) is 16.9. The molecule has 0 radical (unpaired) electrons. The molecule has 6 heteroatoms. The molecule has 0 spiro atoms. The Hall–Kier alpha value is -3.77. The highest BCUT2D eigenvalue weighted by Gasteiger charge is 2.33. The van der Waals surface area contributed by atoms with Gasteiger partial charge in [-0.1, -0.05) is 66.7 Å². The number of carbonyl (C=O) groups excluding carboxylic acids is 2. The molecule has 2 heterocycles. The number of amides is 2. The molecule has 4 rings (SSSR count). The number of hydrogen-bond donors (Lipinski definition) is 2. The van der Waals surface area contributed by atoms with Gasteiger partial charge in [0.25, 0.3) is 11.8 Å². The van der Waals surface area contributed by atoms with E-state index in [0.29, 0.717) is 5.69 Å². The van der Waals surface area contributed by atoms with Crippen molar-refractivity contribution in [1.29, 1.82) is 0 Å². The zero-order valence-electron chi connectivity index (χ0n) is 16.1. The average molecular weight is 414 g/mol. The van der Waals surface area contributed by atoms with Crippen LogP contribution in [0.2, 0.25) is 0 Å². The first-order valence-corrected chi connectivity index (χ1v) is 9.83. The lowest BCUT2D eigenvalue weighted by Gasteiger charge is -2.27. The van der Waals surface area contributed by atoms with Crippen molar-refractivity contribution in [2.24, 2.45) is 0 Å². The van der Waals surface area contributed by atoms with Crippen molar-refractivity contribution in [3.8, 4) is 22.4 Å². The smallest absolute Gasteiger partial charge is 0.266 e. The molecule has 5 nitrogen and oxygen atoms in total. The lowest BCUT2D eigenvalue weighted by atomic mass is 10.0. The van der Waals surface area contributed by atoms with Crippen LogP contribution in [-0.4, -0.2) is 33.4 Å². The Bertz CT molecular complexity index is 1160. The van der Waals surface area contributed by atoms with Crippen molar-refractivity contribution in [1.82, 2.24) is 15.2 Å². The van der Waals surface area contributed by atoms with E-state index in [9.17, 15) is 9.59 Å². The zero-order chi connectivity index (χ0) is 21.1. The van der Waals surface area contributed by atoms with E-state index in [1.807, 2.05) is 66.7 Å². The van der Waals surface area contributed by atoms with Gasteiger partial charge >= 0.3 is 0 Å². The molecule has 0 unspecified atom stereocenters. The fourth-order valence-corrected chi connectivity index (χ4v) is 3.60. The molecule has 1 fully saturated rings. The van der Waals surface area contributed by atoms with Gasteiger partial charge in [-0.2, -0.15) is 0 Å². The molecule has 1 aromatic heterocycles. The predicted molar refractivity (Wildman–Crippen MR) is 122 cm³/mol. The van der Waals surface area contributed by atoms with E-state index in [-0.39, 0.29) is 17.2 Å². The van der Waals surface area contributed by atoms with Crippen LogP contribution in [0.1, 0.15) is 5.69 Å². The lowest BCUT2D eigenvalue weighted by Crippen LogP contribution is -2.53. The third kappa shape index (κ3) is 3.73. The SMILES string of the molecule is C=CCN1C(=O)/C(=C/c2[nH]c(-c3ccccc3)cc2-c2ccccc2)C(=O)NC1=S. The van der Waals surface area contributed by atoms with Crippen LogP contribution in [0, 0.1) is 0 Å². The summed E-state index contributed by atoms with van der Waals surface area (Å²) in [6.45, 7) is 3.87. The number of rotatable bonds is 5. The number of H-pyrrole nitrogens is 1. The summed E-state index contributed by atoms with van der Waals surface area (Å²) in [7, 11) is 0. The monoisotopic (exact) mass is 413 g/mol. The summed E-state index contributed by atoms with van der Waals surface area (Å²) < 4.78 is 0. The minimum atomic E-state index is -0.514. The maximum Gasteiger partial charge on any atom is 0.266 e. The van der Waals surface area contributed by atoms with Crippen molar-refractivity contribution in [2.75, 3.05) is 6.54 Å². The van der Waals surface area contributed by atoms with Gasteiger partial charge in [0.2, 0.25) is 0 Å². The van der Waals surface area contributed by atoms with Gasteiger partial charge in [-0.05, 0) is 35.5 Å². The normalized spacial score (nSPS) is 15.4. The van der Waals surface area contributed by atoms with Crippen LogP contribution in [0.25, 0.3) is 28.5 Å². The molecular weight excluding hydrogens is 394 g/mol. The van der Waals surface area contributed by atoms with Crippen molar-refractivity contribution in [3.05, 3.63) is 90.7 Å². The second kappa shape index (κ2) is 8.31. The summed E-state index contributed by atoms with van der Waals surface area (Å²) in [4.78, 5) is 30.1. The number of aromatic nitrogens is 1. The second-order valence-electron chi connectivity index (χ2n) is 6.76. The number of hydrogen-bond acceptors (Lipinski definition) is 3. The molecule has 30 heavy (non-hydrogen) atoms. The molecule has 1 aliphatic heterocycles. The number of aromatic amines is 1. The molecule has 2 N–H and O–H groups in total. The minimum Gasteiger partial charge on any atom is -0.354 e. The van der Waals surface area contributed by atoms with Gasteiger partial charge in [0, 0.05) is 23.5 Å². The summed E-state index contributed by atoms with van der Waals surface area (Å²) in [6.07, 6.45) is 3.15. The Morgan fingerprint density at radius 2 is 1.60 bits per heavy atom. The van der Waals surface area contributed by atoms with E-state index in [2.05, 4.69) is 16.9 Å². The maximum absolute atomic E-state index is 12.9. The lowest BCUT2D eigenvalue weighted by molar-refractivity contribution is -0.128. The number of benzene rings is 2. The molecule has 2 amide bonds. The Morgan fingerprint density at radius 3 is 2.23 bits per heavy atom. The third-order valence-corrected chi connectivity index (χ3v) is 5.13. The van der Waals surface area contributed by atoms with Gasteiger partial charge in [-0.3, -0.25) is 19.8 Å². The van der Waals surface area contributed by atoms with E-state index >= 15 is 0 Å². The summed E-state index contributed by atoms with van der Waals surface area (Å²) >= 11 is 5.12. The average Bonchev–Trinajstić information content (AvgIpc) is 3.19.